The first-order chi connectivity index (χ1) is 7.24. The first-order valence-electron chi connectivity index (χ1n) is 5.73. The maximum atomic E-state index is 5.60. The Morgan fingerprint density at radius 2 is 1.60 bits per heavy atom. The van der Waals surface area contributed by atoms with E-state index in [1.165, 1.54) is 11.1 Å². The zero-order valence-electron chi connectivity index (χ0n) is 11.0. The van der Waals surface area contributed by atoms with Crippen LogP contribution >= 0.6 is 0 Å². The summed E-state index contributed by atoms with van der Waals surface area (Å²) in [6.07, 6.45) is 4.10. The molecule has 0 aliphatic rings. The lowest BCUT2D eigenvalue weighted by Gasteiger charge is -2.00. The minimum atomic E-state index is 0.829. The second kappa shape index (κ2) is 10.8. The maximum absolute atomic E-state index is 5.60. The maximum Gasteiger partial charge on any atom is 0.0317 e. The van der Waals surface area contributed by atoms with Gasteiger partial charge < -0.3 is 5.73 Å². The molecule has 0 aliphatic heterocycles. The molecule has 0 amide bonds. The third kappa shape index (κ3) is 6.78. The van der Waals surface area contributed by atoms with Gasteiger partial charge in [0.2, 0.25) is 0 Å². The van der Waals surface area contributed by atoms with Crippen molar-refractivity contribution in [2.45, 2.75) is 41.5 Å². The summed E-state index contributed by atoms with van der Waals surface area (Å²) < 4.78 is 0. The number of allylic oxidation sites excluding steroid dienone is 1. The van der Waals surface area contributed by atoms with E-state index >= 15 is 0 Å². The van der Waals surface area contributed by atoms with E-state index in [-0.39, 0.29) is 0 Å². The summed E-state index contributed by atoms with van der Waals surface area (Å²) in [6.45, 7) is 12.1. The predicted molar refractivity (Wildman–Crippen MR) is 73.0 cm³/mol. The van der Waals surface area contributed by atoms with Gasteiger partial charge in [-0.2, -0.15) is 0 Å². The van der Waals surface area contributed by atoms with E-state index in [1.807, 2.05) is 58.9 Å². The molecule has 1 aromatic carbocycles. The molecule has 86 valence electrons. The Kier molecular flexibility index (Phi) is 11.7. The third-order valence-corrected chi connectivity index (χ3v) is 1.64. The average molecular weight is 207 g/mol. The van der Waals surface area contributed by atoms with Crippen LogP contribution in [-0.4, -0.2) is 0 Å². The van der Waals surface area contributed by atoms with E-state index in [4.69, 9.17) is 5.73 Å². The molecule has 0 fully saturated rings. The Morgan fingerprint density at radius 3 is 2.00 bits per heavy atom. The molecule has 1 heteroatoms. The van der Waals surface area contributed by atoms with E-state index in [2.05, 4.69) is 13.0 Å². The second-order valence-electron chi connectivity index (χ2n) is 2.62. The molecule has 1 nitrogen and oxygen atoms in total. The lowest BCUT2D eigenvalue weighted by Crippen LogP contribution is -1.86. The van der Waals surface area contributed by atoms with E-state index in [9.17, 15) is 0 Å². The van der Waals surface area contributed by atoms with Crippen molar-refractivity contribution in [3.05, 3.63) is 35.4 Å². The second-order valence-corrected chi connectivity index (χ2v) is 2.62. The molecule has 0 aliphatic carbocycles. The van der Waals surface area contributed by atoms with Gasteiger partial charge in [-0.3, -0.25) is 0 Å². The minimum Gasteiger partial charge on any atom is -0.399 e. The number of hydrogen-bond acceptors (Lipinski definition) is 1. The fourth-order valence-electron chi connectivity index (χ4n) is 1.07. The van der Waals surface area contributed by atoms with Crippen LogP contribution in [0.4, 0.5) is 5.69 Å². The summed E-state index contributed by atoms with van der Waals surface area (Å²) in [5.41, 5.74) is 8.89. The van der Waals surface area contributed by atoms with Gasteiger partial charge in [-0.25, -0.2) is 0 Å². The molecule has 0 saturated heterocycles. The number of nitrogen functional groups attached to an aromatic ring is 1. The Labute approximate surface area is 95.0 Å². The van der Waals surface area contributed by atoms with Gasteiger partial charge in [-0.15, -0.1) is 0 Å². The van der Waals surface area contributed by atoms with Gasteiger partial charge in [0.15, 0.2) is 0 Å². The molecule has 0 spiro atoms. The van der Waals surface area contributed by atoms with Crippen molar-refractivity contribution in [2.24, 2.45) is 0 Å². The van der Waals surface area contributed by atoms with Gasteiger partial charge in [0, 0.05) is 5.69 Å². The first kappa shape index (κ1) is 16.2. The smallest absolute Gasteiger partial charge is 0.0317 e. The predicted octanol–water partition coefficient (Wildman–Crippen LogP) is 4.66. The molecule has 15 heavy (non-hydrogen) atoms. The lowest BCUT2D eigenvalue weighted by atomic mass is 10.1. The van der Waals surface area contributed by atoms with Gasteiger partial charge in [0.05, 0.1) is 0 Å². The fraction of sp³-hybridized carbons (Fsp3) is 0.429. The Balaban J connectivity index is 0. The SMILES string of the molecule is C/C=C\c1ccc(N)cc1C.CC.CC. The summed E-state index contributed by atoms with van der Waals surface area (Å²) in [5, 5.41) is 0. The molecule has 2 N–H and O–H groups in total. The van der Waals surface area contributed by atoms with Crippen LogP contribution in [0.25, 0.3) is 6.08 Å². The van der Waals surface area contributed by atoms with Crippen molar-refractivity contribution < 1.29 is 0 Å². The fourth-order valence-corrected chi connectivity index (χ4v) is 1.07. The Bertz CT molecular complexity index is 275. The number of rotatable bonds is 1. The van der Waals surface area contributed by atoms with Gasteiger partial charge >= 0.3 is 0 Å². The lowest BCUT2D eigenvalue weighted by molar-refractivity contribution is 1.44. The van der Waals surface area contributed by atoms with Crippen LogP contribution in [0, 0.1) is 6.92 Å². The highest BCUT2D eigenvalue weighted by Gasteiger charge is 1.92. The molecule has 1 aromatic rings. The van der Waals surface area contributed by atoms with Crippen LogP contribution in [0.15, 0.2) is 24.3 Å². The third-order valence-electron chi connectivity index (χ3n) is 1.64. The van der Waals surface area contributed by atoms with Crippen molar-refractivity contribution in [1.82, 2.24) is 0 Å². The van der Waals surface area contributed by atoms with E-state index in [1.54, 1.807) is 0 Å². The molecule has 0 unspecified atom stereocenters. The molecule has 0 aromatic heterocycles. The van der Waals surface area contributed by atoms with E-state index < -0.39 is 0 Å². The van der Waals surface area contributed by atoms with Crippen LogP contribution in [0.3, 0.4) is 0 Å². The van der Waals surface area contributed by atoms with Gasteiger partial charge in [-0.05, 0) is 37.1 Å². The van der Waals surface area contributed by atoms with Gasteiger partial charge in [0.1, 0.15) is 0 Å². The highest BCUT2D eigenvalue weighted by molar-refractivity contribution is 5.57. The summed E-state index contributed by atoms with van der Waals surface area (Å²) >= 11 is 0. The van der Waals surface area contributed by atoms with E-state index in [0.29, 0.717) is 0 Å². The van der Waals surface area contributed by atoms with Crippen molar-refractivity contribution in [2.75, 3.05) is 5.73 Å². The topological polar surface area (TPSA) is 26.0 Å². The quantitative estimate of drug-likeness (QED) is 0.666. The molecule has 0 atom stereocenters. The molecular weight excluding hydrogens is 182 g/mol. The molecular formula is C14H25N. The average Bonchev–Trinajstić information content (AvgIpc) is 2.28. The number of nitrogens with two attached hydrogens (primary N) is 1. The normalized spacial score (nSPS) is 8.67. The number of benzene rings is 1. The summed E-state index contributed by atoms with van der Waals surface area (Å²) in [7, 11) is 0. The van der Waals surface area contributed by atoms with Gasteiger partial charge in [0.25, 0.3) is 0 Å². The summed E-state index contributed by atoms with van der Waals surface area (Å²) in [5.74, 6) is 0. The Hall–Kier alpha value is -1.24. The summed E-state index contributed by atoms with van der Waals surface area (Å²) in [6, 6.07) is 5.93. The van der Waals surface area contributed by atoms with Crippen molar-refractivity contribution in [3.63, 3.8) is 0 Å². The van der Waals surface area contributed by atoms with E-state index in [0.717, 1.165) is 5.69 Å². The first-order valence-corrected chi connectivity index (χ1v) is 5.73. The zero-order chi connectivity index (χ0) is 12.3. The van der Waals surface area contributed by atoms with Crippen LogP contribution < -0.4 is 5.73 Å². The Morgan fingerprint density at radius 1 is 1.07 bits per heavy atom. The van der Waals surface area contributed by atoms with Crippen LogP contribution in [0.5, 0.6) is 0 Å². The van der Waals surface area contributed by atoms with Crippen LogP contribution in [0.2, 0.25) is 0 Å². The number of hydrogen-bond donors (Lipinski definition) is 1. The van der Waals surface area contributed by atoms with Crippen molar-refractivity contribution in [3.8, 4) is 0 Å². The largest absolute Gasteiger partial charge is 0.399 e. The van der Waals surface area contributed by atoms with Crippen molar-refractivity contribution >= 4 is 11.8 Å². The highest BCUT2D eigenvalue weighted by Crippen LogP contribution is 2.13. The summed E-state index contributed by atoms with van der Waals surface area (Å²) in [4.78, 5) is 0. The zero-order valence-corrected chi connectivity index (χ0v) is 11.0. The van der Waals surface area contributed by atoms with Crippen molar-refractivity contribution in [1.29, 1.82) is 0 Å². The monoisotopic (exact) mass is 207 g/mol. The molecule has 0 radical (unpaired) electrons. The molecule has 0 bridgehead atoms. The molecule has 1 rings (SSSR count). The molecule has 0 heterocycles. The standard InChI is InChI=1S/C10H13N.2C2H6/c1-3-4-9-5-6-10(11)7-8(9)2;2*1-2/h3-7H,11H2,1-2H3;2*1-2H3/b4-3-;;. The van der Waals surface area contributed by atoms with Crippen LogP contribution in [0.1, 0.15) is 45.7 Å². The van der Waals surface area contributed by atoms with Crippen LogP contribution in [-0.2, 0) is 0 Å². The highest BCUT2D eigenvalue weighted by atomic mass is 14.5. The number of anilines is 1. The number of aryl methyl sites for hydroxylation is 1. The minimum absolute atomic E-state index is 0.829. The van der Waals surface area contributed by atoms with Gasteiger partial charge in [-0.1, -0.05) is 45.9 Å². The molecule has 0 saturated carbocycles.